The second kappa shape index (κ2) is 11.1. The number of rotatable bonds is 8. The first-order chi connectivity index (χ1) is 14.5. The van der Waals surface area contributed by atoms with Gasteiger partial charge in [-0.05, 0) is 23.3 Å². The number of carboxylic acid groups (broad SMARTS) is 2. The normalized spacial score (nSPS) is 11.8. The number of aliphatic carboxylic acids is 2. The molecule has 0 bridgehead atoms. The molecule has 0 aliphatic rings. The maximum Gasteiger partial charge on any atom is 0.303 e. The number of hydrogen-bond acceptors (Lipinski definition) is 4. The molecule has 0 radical (unpaired) electrons. The van der Waals surface area contributed by atoms with Crippen molar-refractivity contribution in [3.8, 4) is 24.0 Å². The van der Waals surface area contributed by atoms with E-state index in [1.54, 1.807) is 48.5 Å². The Kier molecular flexibility index (Phi) is 8.18. The summed E-state index contributed by atoms with van der Waals surface area (Å²) in [5.41, 5.74) is 2.60. The summed E-state index contributed by atoms with van der Waals surface area (Å²) in [4.78, 5) is 22.4. The first-order valence-corrected chi connectivity index (χ1v) is 9.33. The monoisotopic (exact) mass is 400 g/mol. The van der Waals surface area contributed by atoms with Crippen molar-refractivity contribution in [3.05, 3.63) is 70.8 Å². The fourth-order valence-electron chi connectivity index (χ4n) is 3.29. The molecule has 0 aromatic heterocycles. The number of carbonyl (C=O) groups is 2. The Bertz CT molecular complexity index is 983. The Morgan fingerprint density at radius 3 is 1.43 bits per heavy atom. The number of hydrogen-bond donors (Lipinski definition) is 2. The Balaban J connectivity index is 2.47. The third kappa shape index (κ3) is 6.23. The molecule has 2 rings (SSSR count). The van der Waals surface area contributed by atoms with Crippen LogP contribution in [0.25, 0.3) is 0 Å². The lowest BCUT2D eigenvalue weighted by molar-refractivity contribution is -0.138. The minimum atomic E-state index is -0.989. The van der Waals surface area contributed by atoms with Crippen molar-refractivity contribution in [1.29, 1.82) is 10.5 Å². The second-order valence-electron chi connectivity index (χ2n) is 6.74. The van der Waals surface area contributed by atoms with E-state index in [4.69, 9.17) is 10.5 Å². The van der Waals surface area contributed by atoms with Gasteiger partial charge < -0.3 is 10.2 Å². The molecule has 0 aliphatic heterocycles. The van der Waals surface area contributed by atoms with Crippen LogP contribution >= 0.6 is 0 Å². The Hall–Kier alpha value is -4.08. The van der Waals surface area contributed by atoms with Crippen LogP contribution in [-0.4, -0.2) is 22.2 Å². The van der Waals surface area contributed by atoms with Gasteiger partial charge in [0.25, 0.3) is 0 Å². The molecule has 0 saturated heterocycles. The van der Waals surface area contributed by atoms with Crippen LogP contribution in [0, 0.1) is 34.5 Å². The lowest BCUT2D eigenvalue weighted by Crippen LogP contribution is -2.08. The molecule has 0 saturated carbocycles. The van der Waals surface area contributed by atoms with Crippen molar-refractivity contribution >= 4 is 11.9 Å². The van der Waals surface area contributed by atoms with Gasteiger partial charge in [0, 0.05) is 35.8 Å². The summed E-state index contributed by atoms with van der Waals surface area (Å²) in [5, 5.41) is 36.5. The van der Waals surface area contributed by atoms with E-state index < -0.39 is 23.8 Å². The van der Waals surface area contributed by atoms with E-state index >= 15 is 0 Å². The number of nitrogens with zero attached hydrogens (tertiary/aromatic N) is 2. The third-order valence-corrected chi connectivity index (χ3v) is 4.65. The summed E-state index contributed by atoms with van der Waals surface area (Å²) in [6, 6.07) is 18.2. The van der Waals surface area contributed by atoms with Gasteiger partial charge in [0.2, 0.25) is 0 Å². The minimum absolute atomic E-state index is 0.0600. The highest BCUT2D eigenvalue weighted by molar-refractivity contribution is 5.69. The van der Waals surface area contributed by atoms with Crippen LogP contribution in [0.5, 0.6) is 0 Å². The smallest absolute Gasteiger partial charge is 0.303 e. The average Bonchev–Trinajstić information content (AvgIpc) is 2.71. The average molecular weight is 400 g/mol. The molecule has 0 aliphatic carbocycles. The Morgan fingerprint density at radius 2 is 1.10 bits per heavy atom. The van der Waals surface area contributed by atoms with E-state index in [1.165, 1.54) is 0 Å². The largest absolute Gasteiger partial charge is 0.481 e. The van der Waals surface area contributed by atoms with Crippen molar-refractivity contribution in [1.82, 2.24) is 0 Å². The fourth-order valence-corrected chi connectivity index (χ4v) is 3.29. The SMILES string of the molecule is N#CCC(CC(=O)O)c1ccccc1C#Cc1ccccc1C(CC#N)CC(=O)O. The maximum atomic E-state index is 11.2. The van der Waals surface area contributed by atoms with Gasteiger partial charge in [-0.25, -0.2) is 0 Å². The molecule has 6 nitrogen and oxygen atoms in total. The van der Waals surface area contributed by atoms with E-state index in [0.717, 1.165) is 0 Å². The standard InChI is InChI=1S/C24H20N2O4/c25-13-11-19(15-23(27)28)21-7-3-1-5-17(21)9-10-18-6-2-4-8-22(18)20(12-14-26)16-24(29)30/h1-8,19-20H,11-12,15-16H2,(H,27,28)(H,29,30). The molecule has 2 aromatic rings. The van der Waals surface area contributed by atoms with Crippen molar-refractivity contribution < 1.29 is 19.8 Å². The molecule has 2 aromatic carbocycles. The van der Waals surface area contributed by atoms with Crippen molar-refractivity contribution in [2.24, 2.45) is 0 Å². The van der Waals surface area contributed by atoms with Crippen LogP contribution in [0.3, 0.4) is 0 Å². The summed E-state index contributed by atoms with van der Waals surface area (Å²) in [6.07, 6.45) is -0.230. The van der Waals surface area contributed by atoms with E-state index in [-0.39, 0.29) is 25.7 Å². The first-order valence-electron chi connectivity index (χ1n) is 9.33. The topological polar surface area (TPSA) is 122 Å². The van der Waals surface area contributed by atoms with Gasteiger partial charge in [-0.3, -0.25) is 9.59 Å². The van der Waals surface area contributed by atoms with E-state index in [0.29, 0.717) is 22.3 Å². The van der Waals surface area contributed by atoms with E-state index in [1.807, 2.05) is 12.1 Å². The molecular formula is C24H20N2O4. The number of benzene rings is 2. The fraction of sp³-hybridized carbons (Fsp3) is 0.250. The maximum absolute atomic E-state index is 11.2. The highest BCUT2D eigenvalue weighted by Gasteiger charge is 2.19. The molecule has 0 amide bonds. The van der Waals surface area contributed by atoms with Gasteiger partial charge in [-0.1, -0.05) is 48.2 Å². The van der Waals surface area contributed by atoms with E-state index in [2.05, 4.69) is 11.8 Å². The quantitative estimate of drug-likeness (QED) is 0.645. The summed E-state index contributed by atoms with van der Waals surface area (Å²) in [7, 11) is 0. The zero-order valence-electron chi connectivity index (χ0n) is 16.2. The molecule has 2 N–H and O–H groups in total. The second-order valence-corrected chi connectivity index (χ2v) is 6.74. The zero-order valence-corrected chi connectivity index (χ0v) is 16.2. The number of carboxylic acids is 2. The molecule has 150 valence electrons. The van der Waals surface area contributed by atoms with Crippen LogP contribution in [0.15, 0.2) is 48.5 Å². The predicted molar refractivity (Wildman–Crippen MR) is 109 cm³/mol. The summed E-state index contributed by atoms with van der Waals surface area (Å²) >= 11 is 0. The van der Waals surface area contributed by atoms with Gasteiger partial charge in [0.1, 0.15) is 0 Å². The van der Waals surface area contributed by atoms with E-state index in [9.17, 15) is 19.8 Å². The van der Waals surface area contributed by atoms with Gasteiger partial charge in [0.15, 0.2) is 0 Å². The Morgan fingerprint density at radius 1 is 0.733 bits per heavy atom. The molecular weight excluding hydrogens is 380 g/mol. The third-order valence-electron chi connectivity index (χ3n) is 4.65. The van der Waals surface area contributed by atoms with Crippen LogP contribution in [-0.2, 0) is 9.59 Å². The van der Waals surface area contributed by atoms with Crippen LogP contribution in [0.1, 0.15) is 59.8 Å². The number of nitriles is 2. The summed E-state index contributed by atoms with van der Waals surface area (Å²) < 4.78 is 0. The van der Waals surface area contributed by atoms with Gasteiger partial charge in [0.05, 0.1) is 25.0 Å². The predicted octanol–water partition coefficient (Wildman–Crippen LogP) is 4.03. The lowest BCUT2D eigenvalue weighted by Gasteiger charge is -2.14. The van der Waals surface area contributed by atoms with Gasteiger partial charge >= 0.3 is 11.9 Å². The van der Waals surface area contributed by atoms with Crippen LogP contribution in [0.4, 0.5) is 0 Å². The summed E-state index contributed by atoms with van der Waals surface area (Å²) in [6.45, 7) is 0. The highest BCUT2D eigenvalue weighted by Crippen LogP contribution is 2.28. The zero-order chi connectivity index (χ0) is 21.9. The molecule has 6 heteroatoms. The minimum Gasteiger partial charge on any atom is -0.481 e. The van der Waals surface area contributed by atoms with Crippen molar-refractivity contribution in [2.45, 2.75) is 37.5 Å². The highest BCUT2D eigenvalue weighted by atomic mass is 16.4. The molecule has 2 atom stereocenters. The molecule has 0 spiro atoms. The molecule has 2 unspecified atom stereocenters. The molecule has 0 heterocycles. The molecule has 0 fully saturated rings. The van der Waals surface area contributed by atoms with Gasteiger partial charge in [-0.15, -0.1) is 0 Å². The summed E-state index contributed by atoms with van der Waals surface area (Å²) in [5.74, 6) is 3.16. The Labute approximate surface area is 175 Å². The first kappa shape index (κ1) is 22.2. The van der Waals surface area contributed by atoms with Crippen molar-refractivity contribution in [2.75, 3.05) is 0 Å². The van der Waals surface area contributed by atoms with Crippen molar-refractivity contribution in [3.63, 3.8) is 0 Å². The van der Waals surface area contributed by atoms with Crippen LogP contribution in [0.2, 0.25) is 0 Å². The van der Waals surface area contributed by atoms with Gasteiger partial charge in [-0.2, -0.15) is 10.5 Å². The van der Waals surface area contributed by atoms with Crippen LogP contribution < -0.4 is 0 Å². The lowest BCUT2D eigenvalue weighted by atomic mass is 9.88. The molecule has 30 heavy (non-hydrogen) atoms.